The maximum Gasteiger partial charge on any atom is 0.328 e. The fraction of sp³-hybridized carbons (Fsp3) is 0.578. The van der Waals surface area contributed by atoms with Crippen LogP contribution in [-0.2, 0) is 56.2 Å². The molecule has 14 heteroatoms. The van der Waals surface area contributed by atoms with Crippen molar-refractivity contribution in [2.24, 2.45) is 17.3 Å². The first-order valence-corrected chi connectivity index (χ1v) is 20.9. The fourth-order valence-electron chi connectivity index (χ4n) is 6.74. The molecule has 0 saturated carbocycles. The van der Waals surface area contributed by atoms with Crippen LogP contribution in [0.3, 0.4) is 0 Å². The molecule has 0 unspecified atom stereocenters. The minimum atomic E-state index is -1.58. The molecule has 1 fully saturated rings. The Morgan fingerprint density at radius 2 is 1.14 bits per heavy atom. The molecular formula is C45H65N5O9. The van der Waals surface area contributed by atoms with Gasteiger partial charge >= 0.3 is 11.9 Å². The molecular weight excluding hydrogens is 755 g/mol. The fourth-order valence-corrected chi connectivity index (χ4v) is 6.74. The predicted molar refractivity (Wildman–Crippen MR) is 223 cm³/mol. The first-order chi connectivity index (χ1) is 28.0. The number of esters is 2. The molecule has 1 heterocycles. The summed E-state index contributed by atoms with van der Waals surface area (Å²) in [5.74, 6) is -5.52. The number of hydrogen-bond donors (Lipinski definition) is 4. The lowest BCUT2D eigenvalue weighted by Crippen LogP contribution is -2.58. The molecule has 0 aliphatic carbocycles. The van der Waals surface area contributed by atoms with Crippen molar-refractivity contribution in [3.63, 3.8) is 0 Å². The third kappa shape index (κ3) is 16.9. The van der Waals surface area contributed by atoms with Gasteiger partial charge in [-0.3, -0.25) is 28.8 Å². The number of carbonyl (C=O) groups excluding carboxylic acids is 7. The van der Waals surface area contributed by atoms with E-state index in [4.69, 9.17) is 9.47 Å². The molecule has 5 amide bonds. The second-order valence-corrected chi connectivity index (χ2v) is 16.8. The van der Waals surface area contributed by atoms with Crippen molar-refractivity contribution >= 4 is 41.5 Å². The molecule has 0 spiro atoms. The van der Waals surface area contributed by atoms with Gasteiger partial charge in [0, 0.05) is 25.6 Å². The summed E-state index contributed by atoms with van der Waals surface area (Å²) < 4.78 is 11.0. The lowest BCUT2D eigenvalue weighted by molar-refractivity contribution is -0.150. The summed E-state index contributed by atoms with van der Waals surface area (Å²) in [6, 6.07) is 13.7. The molecule has 59 heavy (non-hydrogen) atoms. The van der Waals surface area contributed by atoms with Crippen molar-refractivity contribution in [1.29, 1.82) is 0 Å². The van der Waals surface area contributed by atoms with Gasteiger partial charge in [0.15, 0.2) is 0 Å². The molecule has 1 aliphatic rings. The van der Waals surface area contributed by atoms with Gasteiger partial charge in [0.25, 0.3) is 0 Å². The first-order valence-electron chi connectivity index (χ1n) is 20.9. The number of hydrogen-bond acceptors (Lipinski definition) is 9. The topological polar surface area (TPSA) is 189 Å². The predicted octanol–water partition coefficient (Wildman–Crippen LogP) is 4.73. The number of rotatable bonds is 22. The Morgan fingerprint density at radius 3 is 1.64 bits per heavy atom. The summed E-state index contributed by atoms with van der Waals surface area (Å²) in [5, 5.41) is 11.0. The molecule has 4 N–H and O–H groups in total. The van der Waals surface area contributed by atoms with Crippen LogP contribution in [0, 0.1) is 17.3 Å². The smallest absolute Gasteiger partial charge is 0.328 e. The van der Waals surface area contributed by atoms with Crippen molar-refractivity contribution in [3.8, 4) is 0 Å². The summed E-state index contributed by atoms with van der Waals surface area (Å²) in [4.78, 5) is 97.3. The van der Waals surface area contributed by atoms with Crippen LogP contribution >= 0.6 is 0 Å². The van der Waals surface area contributed by atoms with Gasteiger partial charge in [0.05, 0.1) is 18.8 Å². The average Bonchev–Trinajstić information content (AvgIpc) is 3.75. The molecule has 1 aliphatic heterocycles. The van der Waals surface area contributed by atoms with Crippen molar-refractivity contribution in [2.45, 2.75) is 137 Å². The van der Waals surface area contributed by atoms with Crippen LogP contribution in [0.25, 0.3) is 0 Å². The van der Waals surface area contributed by atoms with Crippen LogP contribution in [-0.4, -0.2) is 83.6 Å². The molecule has 4 atom stereocenters. The van der Waals surface area contributed by atoms with Crippen molar-refractivity contribution in [3.05, 3.63) is 71.8 Å². The molecule has 3 rings (SSSR count). The molecule has 1 saturated heterocycles. The maximum atomic E-state index is 14.3. The zero-order valence-electron chi connectivity index (χ0n) is 35.8. The number of nitrogens with one attached hydrogen (secondary N) is 4. The van der Waals surface area contributed by atoms with E-state index in [1.807, 2.05) is 72.7 Å². The minimum absolute atomic E-state index is 0.0302. The summed E-state index contributed by atoms with van der Waals surface area (Å²) in [6.45, 7) is 14.0. The summed E-state index contributed by atoms with van der Waals surface area (Å²) in [5.41, 5.74) is 0.730. The number of likely N-dealkylation sites (tertiary alicyclic amines) is 1. The molecule has 2 aromatic carbocycles. The van der Waals surface area contributed by atoms with Gasteiger partial charge in [-0.15, -0.1) is 0 Å². The van der Waals surface area contributed by atoms with Gasteiger partial charge in [-0.05, 0) is 54.6 Å². The molecule has 2 aromatic rings. The Labute approximate surface area is 349 Å². The SMILES string of the molecule is CCC(CC)NC(=O)C[C@H](C(=O)N[C@@H](CC(=O)N1CCCC1)C(=O)N[C@@H](CC(=O)OCc1ccccc1)C(=O)N[C@@H](CC(C)C)C(=O)OCc1ccccc1)C(C)(C)C. The van der Waals surface area contributed by atoms with Crippen LogP contribution in [0.5, 0.6) is 0 Å². The van der Waals surface area contributed by atoms with Crippen LogP contribution in [0.15, 0.2) is 60.7 Å². The van der Waals surface area contributed by atoms with Crippen LogP contribution in [0.4, 0.5) is 0 Å². The Bertz CT molecular complexity index is 1690. The highest BCUT2D eigenvalue weighted by molar-refractivity contribution is 5.98. The van der Waals surface area contributed by atoms with Crippen LogP contribution in [0.1, 0.15) is 111 Å². The third-order valence-electron chi connectivity index (χ3n) is 10.4. The highest BCUT2D eigenvalue weighted by Crippen LogP contribution is 2.29. The van der Waals surface area contributed by atoms with Gasteiger partial charge in [0.1, 0.15) is 31.3 Å². The van der Waals surface area contributed by atoms with E-state index in [1.165, 1.54) is 0 Å². The van der Waals surface area contributed by atoms with E-state index >= 15 is 0 Å². The molecule has 0 bridgehead atoms. The van der Waals surface area contributed by atoms with E-state index in [0.717, 1.165) is 31.2 Å². The van der Waals surface area contributed by atoms with Crippen molar-refractivity contribution in [2.75, 3.05) is 13.1 Å². The highest BCUT2D eigenvalue weighted by Gasteiger charge is 2.38. The van der Waals surface area contributed by atoms with E-state index in [9.17, 15) is 33.6 Å². The minimum Gasteiger partial charge on any atom is -0.461 e. The van der Waals surface area contributed by atoms with Crippen LogP contribution in [0.2, 0.25) is 0 Å². The lowest BCUT2D eigenvalue weighted by atomic mass is 9.77. The van der Waals surface area contributed by atoms with Gasteiger partial charge < -0.3 is 35.6 Å². The van der Waals surface area contributed by atoms with E-state index in [-0.39, 0.29) is 49.8 Å². The number of carbonyl (C=O) groups is 7. The van der Waals surface area contributed by atoms with E-state index < -0.39 is 72.0 Å². The number of amides is 5. The standard InChI is InChI=1S/C45H65N5O9/c1-8-33(9-2)46-38(51)25-34(45(5,6)7)41(54)47-35(26-39(52)50-22-16-17-23-50)42(55)48-36(27-40(53)58-28-31-18-12-10-13-19-31)43(56)49-37(24-30(3)4)44(57)59-29-32-20-14-11-15-21-32/h10-15,18-21,30,33-37H,8-9,16-17,22-29H2,1-7H3,(H,46,51)(H,47,54)(H,48,55)(H,49,56)/t34-,35+,36+,37+/m1/s1. The molecule has 14 nitrogen and oxygen atoms in total. The molecule has 0 aromatic heterocycles. The summed E-state index contributed by atoms with van der Waals surface area (Å²) in [6.07, 6.45) is 2.02. The molecule has 0 radical (unpaired) electrons. The zero-order valence-corrected chi connectivity index (χ0v) is 35.8. The second kappa shape index (κ2) is 24.0. The van der Waals surface area contributed by atoms with Crippen molar-refractivity contribution < 1.29 is 43.0 Å². The Hall–Kier alpha value is -5.27. The van der Waals surface area contributed by atoms with Crippen molar-refractivity contribution in [1.82, 2.24) is 26.2 Å². The highest BCUT2D eigenvalue weighted by atomic mass is 16.5. The zero-order chi connectivity index (χ0) is 43.5. The monoisotopic (exact) mass is 819 g/mol. The summed E-state index contributed by atoms with van der Waals surface area (Å²) >= 11 is 0. The Morgan fingerprint density at radius 1 is 0.644 bits per heavy atom. The quantitative estimate of drug-likeness (QED) is 0.122. The lowest BCUT2D eigenvalue weighted by Gasteiger charge is -2.32. The molecule has 324 valence electrons. The van der Waals surface area contributed by atoms with Gasteiger partial charge in [0.2, 0.25) is 29.5 Å². The first kappa shape index (κ1) is 48.1. The van der Waals surface area contributed by atoms with Crippen LogP contribution < -0.4 is 21.3 Å². The van der Waals surface area contributed by atoms with E-state index in [0.29, 0.717) is 18.7 Å². The largest absolute Gasteiger partial charge is 0.461 e. The number of benzene rings is 2. The maximum absolute atomic E-state index is 14.3. The number of ether oxygens (including phenoxy) is 2. The second-order valence-electron chi connectivity index (χ2n) is 16.8. The Kier molecular flexibility index (Phi) is 19.5. The third-order valence-corrected chi connectivity index (χ3v) is 10.4. The number of nitrogens with zero attached hydrogens (tertiary/aromatic N) is 1. The Balaban J connectivity index is 1.90. The normalized spacial score (nSPS) is 14.8. The van der Waals surface area contributed by atoms with Gasteiger partial charge in [-0.25, -0.2) is 4.79 Å². The van der Waals surface area contributed by atoms with Gasteiger partial charge in [-0.2, -0.15) is 0 Å². The summed E-state index contributed by atoms with van der Waals surface area (Å²) in [7, 11) is 0. The van der Waals surface area contributed by atoms with E-state index in [1.54, 1.807) is 41.3 Å². The van der Waals surface area contributed by atoms with Gasteiger partial charge in [-0.1, -0.05) is 109 Å². The average molecular weight is 820 g/mol. The van der Waals surface area contributed by atoms with E-state index in [2.05, 4.69) is 21.3 Å².